The van der Waals surface area contributed by atoms with Gasteiger partial charge in [-0.1, -0.05) is 0 Å². The van der Waals surface area contributed by atoms with Crippen molar-refractivity contribution in [1.29, 1.82) is 0 Å². The van der Waals surface area contributed by atoms with E-state index in [-0.39, 0.29) is 0 Å². The van der Waals surface area contributed by atoms with Crippen LogP contribution in [0.4, 0.5) is 0 Å². The van der Waals surface area contributed by atoms with Crippen LogP contribution in [-0.4, -0.2) is 27.7 Å². The number of aryl methyl sites for hydroxylation is 1. The molecule has 2 aromatic heterocycles. The highest BCUT2D eigenvalue weighted by atomic mass is 15.3. The molecule has 2 aromatic rings. The lowest BCUT2D eigenvalue weighted by atomic mass is 10.0. The zero-order chi connectivity index (χ0) is 10.3. The summed E-state index contributed by atoms with van der Waals surface area (Å²) in [5.74, 6) is 1.53. The molecule has 1 aliphatic rings. The normalized spacial score (nSPS) is 21.3. The number of nitrogens with zero attached hydrogens (tertiary/aromatic N) is 3. The van der Waals surface area contributed by atoms with Crippen LogP contribution in [0.15, 0.2) is 18.3 Å². The predicted molar refractivity (Wildman–Crippen MR) is 58.0 cm³/mol. The van der Waals surface area contributed by atoms with Crippen molar-refractivity contribution in [3.63, 3.8) is 0 Å². The van der Waals surface area contributed by atoms with Crippen LogP contribution in [-0.2, 0) is 0 Å². The molecule has 4 nitrogen and oxygen atoms in total. The van der Waals surface area contributed by atoms with Gasteiger partial charge < -0.3 is 5.32 Å². The Labute approximate surface area is 88.3 Å². The van der Waals surface area contributed by atoms with E-state index in [0.29, 0.717) is 5.92 Å². The van der Waals surface area contributed by atoms with E-state index in [9.17, 15) is 0 Å². The van der Waals surface area contributed by atoms with Crippen molar-refractivity contribution in [2.24, 2.45) is 0 Å². The van der Waals surface area contributed by atoms with E-state index >= 15 is 0 Å². The summed E-state index contributed by atoms with van der Waals surface area (Å²) < 4.78 is 1.92. The van der Waals surface area contributed by atoms with E-state index in [1.54, 1.807) is 6.20 Å². The number of nitrogens with one attached hydrogen (secondary N) is 1. The van der Waals surface area contributed by atoms with Crippen LogP contribution in [0.5, 0.6) is 0 Å². The summed E-state index contributed by atoms with van der Waals surface area (Å²) in [5.41, 5.74) is 2.36. The van der Waals surface area contributed by atoms with Crippen molar-refractivity contribution >= 4 is 5.52 Å². The molecule has 0 bridgehead atoms. The highest BCUT2D eigenvalue weighted by Gasteiger charge is 2.22. The molecule has 3 heterocycles. The number of fused-ring (bicyclic) bond motifs is 1. The van der Waals surface area contributed by atoms with E-state index in [2.05, 4.69) is 21.5 Å². The van der Waals surface area contributed by atoms with Crippen LogP contribution in [0.1, 0.15) is 23.9 Å². The summed E-state index contributed by atoms with van der Waals surface area (Å²) in [5, 5.41) is 7.68. The van der Waals surface area contributed by atoms with Gasteiger partial charge in [0.2, 0.25) is 0 Å². The van der Waals surface area contributed by atoms with Gasteiger partial charge in [0, 0.05) is 18.7 Å². The van der Waals surface area contributed by atoms with Crippen LogP contribution in [0.3, 0.4) is 0 Å². The number of aromatic nitrogens is 3. The molecule has 0 saturated carbocycles. The molecule has 0 aromatic carbocycles. The lowest BCUT2D eigenvalue weighted by Gasteiger charge is -2.04. The summed E-state index contributed by atoms with van der Waals surface area (Å²) >= 11 is 0. The summed E-state index contributed by atoms with van der Waals surface area (Å²) in [6.07, 6.45) is 2.99. The van der Waals surface area contributed by atoms with Crippen LogP contribution in [0, 0.1) is 6.92 Å². The van der Waals surface area contributed by atoms with Crippen molar-refractivity contribution in [3.8, 4) is 0 Å². The largest absolute Gasteiger partial charge is 0.316 e. The maximum Gasteiger partial charge on any atom is 0.127 e. The van der Waals surface area contributed by atoms with E-state index in [1.807, 2.05) is 17.5 Å². The summed E-state index contributed by atoms with van der Waals surface area (Å²) in [6.45, 7) is 4.15. The van der Waals surface area contributed by atoms with Gasteiger partial charge >= 0.3 is 0 Å². The van der Waals surface area contributed by atoms with Crippen LogP contribution in [0.2, 0.25) is 0 Å². The van der Waals surface area contributed by atoms with Gasteiger partial charge in [0.15, 0.2) is 0 Å². The Bertz CT molecular complexity index is 482. The zero-order valence-corrected chi connectivity index (χ0v) is 8.77. The SMILES string of the molecule is Cc1nc(C2CCNC2)c2cccnn12. The lowest BCUT2D eigenvalue weighted by molar-refractivity contribution is 0.744. The first kappa shape index (κ1) is 8.85. The topological polar surface area (TPSA) is 42.2 Å². The molecule has 0 radical (unpaired) electrons. The Balaban J connectivity index is 2.17. The average Bonchev–Trinajstić information content (AvgIpc) is 2.87. The summed E-state index contributed by atoms with van der Waals surface area (Å²) in [6, 6.07) is 4.07. The average molecular weight is 202 g/mol. The van der Waals surface area contributed by atoms with Gasteiger partial charge in [0.25, 0.3) is 0 Å². The second kappa shape index (κ2) is 3.31. The van der Waals surface area contributed by atoms with Crippen molar-refractivity contribution in [3.05, 3.63) is 29.8 Å². The maximum absolute atomic E-state index is 4.63. The van der Waals surface area contributed by atoms with Gasteiger partial charge in [-0.3, -0.25) is 0 Å². The molecule has 1 N–H and O–H groups in total. The summed E-state index contributed by atoms with van der Waals surface area (Å²) in [4.78, 5) is 4.63. The number of hydrogen-bond acceptors (Lipinski definition) is 3. The van der Waals surface area contributed by atoms with Gasteiger partial charge in [-0.2, -0.15) is 5.10 Å². The quantitative estimate of drug-likeness (QED) is 0.753. The van der Waals surface area contributed by atoms with Crippen LogP contribution >= 0.6 is 0 Å². The molecule has 1 aliphatic heterocycles. The third-order valence-corrected chi connectivity index (χ3v) is 3.05. The molecular weight excluding hydrogens is 188 g/mol. The fourth-order valence-corrected chi connectivity index (χ4v) is 2.29. The molecule has 4 heteroatoms. The Kier molecular flexibility index (Phi) is 1.95. The minimum atomic E-state index is 0.554. The molecule has 1 fully saturated rings. The molecule has 1 unspecified atom stereocenters. The third-order valence-electron chi connectivity index (χ3n) is 3.05. The molecule has 0 spiro atoms. The van der Waals surface area contributed by atoms with E-state index in [4.69, 9.17) is 0 Å². The van der Waals surface area contributed by atoms with Gasteiger partial charge in [0.1, 0.15) is 5.82 Å². The Morgan fingerprint density at radius 3 is 3.27 bits per heavy atom. The number of rotatable bonds is 1. The highest BCUT2D eigenvalue weighted by molar-refractivity contribution is 5.53. The number of hydrogen-bond donors (Lipinski definition) is 1. The van der Waals surface area contributed by atoms with Crippen molar-refractivity contribution in [2.45, 2.75) is 19.3 Å². The smallest absolute Gasteiger partial charge is 0.127 e. The predicted octanol–water partition coefficient (Wildman–Crippen LogP) is 1.11. The van der Waals surface area contributed by atoms with E-state index < -0.39 is 0 Å². The molecule has 3 rings (SSSR count). The zero-order valence-electron chi connectivity index (χ0n) is 8.77. The Morgan fingerprint density at radius 1 is 1.53 bits per heavy atom. The van der Waals surface area contributed by atoms with Gasteiger partial charge in [-0.25, -0.2) is 9.50 Å². The standard InChI is InChI=1S/C11H14N4/c1-8-14-11(9-4-6-12-7-9)10-3-2-5-13-15(8)10/h2-3,5,9,12H,4,6-7H2,1H3. The number of imidazole rings is 1. The van der Waals surface area contributed by atoms with Crippen molar-refractivity contribution in [2.75, 3.05) is 13.1 Å². The fourth-order valence-electron chi connectivity index (χ4n) is 2.29. The lowest BCUT2D eigenvalue weighted by Crippen LogP contribution is -2.08. The van der Waals surface area contributed by atoms with E-state index in [1.165, 1.54) is 12.1 Å². The third kappa shape index (κ3) is 1.33. The minimum Gasteiger partial charge on any atom is -0.316 e. The first-order valence-corrected chi connectivity index (χ1v) is 5.37. The first-order valence-electron chi connectivity index (χ1n) is 5.37. The first-order chi connectivity index (χ1) is 7.36. The fraction of sp³-hybridized carbons (Fsp3) is 0.455. The molecular formula is C11H14N4. The molecule has 0 aliphatic carbocycles. The molecule has 15 heavy (non-hydrogen) atoms. The molecule has 1 atom stereocenters. The highest BCUT2D eigenvalue weighted by Crippen LogP contribution is 2.25. The minimum absolute atomic E-state index is 0.554. The molecule has 78 valence electrons. The van der Waals surface area contributed by atoms with E-state index in [0.717, 1.165) is 24.4 Å². The second-order valence-corrected chi connectivity index (χ2v) is 4.05. The van der Waals surface area contributed by atoms with Crippen molar-refractivity contribution in [1.82, 2.24) is 19.9 Å². The monoisotopic (exact) mass is 202 g/mol. The van der Waals surface area contributed by atoms with Gasteiger partial charge in [-0.05, 0) is 32.0 Å². The maximum atomic E-state index is 4.63. The Hall–Kier alpha value is -1.42. The second-order valence-electron chi connectivity index (χ2n) is 4.05. The van der Waals surface area contributed by atoms with Crippen molar-refractivity contribution < 1.29 is 0 Å². The molecule has 0 amide bonds. The van der Waals surface area contributed by atoms with Gasteiger partial charge in [-0.15, -0.1) is 0 Å². The van der Waals surface area contributed by atoms with Gasteiger partial charge in [0.05, 0.1) is 11.2 Å². The summed E-state index contributed by atoms with van der Waals surface area (Å²) in [7, 11) is 0. The van der Waals surface area contributed by atoms with Crippen LogP contribution < -0.4 is 5.32 Å². The van der Waals surface area contributed by atoms with Crippen LogP contribution in [0.25, 0.3) is 5.52 Å². The molecule has 1 saturated heterocycles. The Morgan fingerprint density at radius 2 is 2.47 bits per heavy atom.